The lowest BCUT2D eigenvalue weighted by atomic mass is 10.2. The summed E-state index contributed by atoms with van der Waals surface area (Å²) in [5, 5.41) is 3.06. The Morgan fingerprint density at radius 3 is 2.57 bits per heavy atom. The second-order valence-electron chi connectivity index (χ2n) is 7.58. The van der Waals surface area contributed by atoms with Gasteiger partial charge in [0, 0.05) is 39.1 Å². The summed E-state index contributed by atoms with van der Waals surface area (Å²) in [5.74, 6) is -0.427. The van der Waals surface area contributed by atoms with E-state index in [1.54, 1.807) is 10.6 Å². The Hall–Kier alpha value is -3.06. The molecule has 158 valence electrons. The van der Waals surface area contributed by atoms with Gasteiger partial charge in [-0.05, 0) is 37.2 Å². The van der Waals surface area contributed by atoms with Crippen LogP contribution >= 0.6 is 0 Å². The zero-order valence-electron chi connectivity index (χ0n) is 17.3. The lowest BCUT2D eigenvalue weighted by Gasteiger charge is -2.36. The molecule has 0 atom stereocenters. The van der Waals surface area contributed by atoms with Crippen molar-refractivity contribution in [3.8, 4) is 0 Å². The first-order valence-corrected chi connectivity index (χ1v) is 10.6. The highest BCUT2D eigenvalue weighted by Crippen LogP contribution is 2.27. The van der Waals surface area contributed by atoms with Crippen LogP contribution in [-0.2, 0) is 11.3 Å². The third-order valence-electron chi connectivity index (χ3n) is 5.70. The van der Waals surface area contributed by atoms with Gasteiger partial charge in [-0.2, -0.15) is 0 Å². The highest BCUT2D eigenvalue weighted by atomic mass is 16.4. The third-order valence-corrected chi connectivity index (χ3v) is 5.70. The number of hydrogen-bond acceptors (Lipinski definition) is 5. The van der Waals surface area contributed by atoms with Crippen LogP contribution in [0.5, 0.6) is 0 Å². The van der Waals surface area contributed by atoms with Gasteiger partial charge in [0.15, 0.2) is 5.58 Å². The minimum absolute atomic E-state index is 0.0458. The lowest BCUT2D eigenvalue weighted by molar-refractivity contribution is -0.116. The number of aromatic nitrogens is 1. The van der Waals surface area contributed by atoms with Gasteiger partial charge in [0.25, 0.3) is 0 Å². The van der Waals surface area contributed by atoms with Crippen molar-refractivity contribution in [1.29, 1.82) is 0 Å². The normalized spacial score (nSPS) is 14.9. The maximum atomic E-state index is 12.6. The number of nitrogens with zero attached hydrogens (tertiary/aromatic N) is 3. The number of carbonyl (C=O) groups is 1. The minimum atomic E-state index is -0.381. The molecule has 2 aromatic carbocycles. The van der Waals surface area contributed by atoms with E-state index >= 15 is 0 Å². The summed E-state index contributed by atoms with van der Waals surface area (Å²) in [4.78, 5) is 29.4. The van der Waals surface area contributed by atoms with Gasteiger partial charge in [-0.25, -0.2) is 4.79 Å². The number of hydrogen-bond donors (Lipinski definition) is 1. The van der Waals surface area contributed by atoms with E-state index in [-0.39, 0.29) is 11.7 Å². The number of rotatable bonds is 7. The van der Waals surface area contributed by atoms with Crippen LogP contribution in [0.1, 0.15) is 19.8 Å². The van der Waals surface area contributed by atoms with E-state index in [1.165, 1.54) is 0 Å². The number of para-hydroxylation sites is 4. The summed E-state index contributed by atoms with van der Waals surface area (Å²) in [5.41, 5.74) is 3.25. The van der Waals surface area contributed by atoms with Crippen LogP contribution < -0.4 is 16.0 Å². The number of aryl methyl sites for hydroxylation is 1. The first-order valence-electron chi connectivity index (χ1n) is 10.6. The maximum Gasteiger partial charge on any atom is 0.419 e. The van der Waals surface area contributed by atoms with Crippen molar-refractivity contribution in [3.63, 3.8) is 0 Å². The molecule has 1 aliphatic heterocycles. The lowest BCUT2D eigenvalue weighted by Crippen LogP contribution is -2.46. The molecule has 0 saturated carbocycles. The van der Waals surface area contributed by atoms with Gasteiger partial charge in [-0.3, -0.25) is 9.36 Å². The van der Waals surface area contributed by atoms with Gasteiger partial charge in [0.1, 0.15) is 0 Å². The first kappa shape index (κ1) is 20.2. The smallest absolute Gasteiger partial charge is 0.408 e. The van der Waals surface area contributed by atoms with Gasteiger partial charge in [-0.1, -0.05) is 31.2 Å². The monoisotopic (exact) mass is 408 g/mol. The number of likely N-dealkylation sites (N-methyl/N-ethyl adjacent to an activating group) is 1. The predicted octanol–water partition coefficient (Wildman–Crippen LogP) is 3.16. The quantitative estimate of drug-likeness (QED) is 0.650. The second kappa shape index (κ2) is 9.17. The van der Waals surface area contributed by atoms with Crippen LogP contribution in [0.15, 0.2) is 57.7 Å². The molecule has 0 unspecified atom stereocenters. The highest BCUT2D eigenvalue weighted by Gasteiger charge is 2.18. The molecule has 4 rings (SSSR count). The number of carbonyl (C=O) groups excluding carboxylic acids is 1. The van der Waals surface area contributed by atoms with Crippen molar-refractivity contribution in [2.24, 2.45) is 0 Å². The molecule has 7 nitrogen and oxygen atoms in total. The SMILES string of the molecule is CCN1CCN(c2ccccc2NC(=O)CCCn2c(=O)oc3ccccc32)CC1. The number of fused-ring (bicyclic) bond motifs is 1. The van der Waals surface area contributed by atoms with Gasteiger partial charge < -0.3 is 19.5 Å². The Morgan fingerprint density at radius 1 is 1.03 bits per heavy atom. The van der Waals surface area contributed by atoms with Crippen LogP contribution in [0.2, 0.25) is 0 Å². The molecule has 0 bridgehead atoms. The molecule has 0 aliphatic carbocycles. The van der Waals surface area contributed by atoms with Crippen molar-refractivity contribution in [2.45, 2.75) is 26.3 Å². The summed E-state index contributed by atoms with van der Waals surface area (Å²) in [6.07, 6.45) is 0.899. The number of amides is 1. The number of anilines is 2. The van der Waals surface area contributed by atoms with Gasteiger partial charge in [-0.15, -0.1) is 0 Å². The summed E-state index contributed by atoms with van der Waals surface area (Å²) < 4.78 is 6.84. The zero-order valence-corrected chi connectivity index (χ0v) is 17.3. The Morgan fingerprint density at radius 2 is 1.77 bits per heavy atom. The molecule has 0 radical (unpaired) electrons. The van der Waals surface area contributed by atoms with E-state index in [1.807, 2.05) is 36.4 Å². The van der Waals surface area contributed by atoms with E-state index < -0.39 is 0 Å². The van der Waals surface area contributed by atoms with Crippen LogP contribution in [0.4, 0.5) is 11.4 Å². The Bertz CT molecular complexity index is 1060. The van der Waals surface area contributed by atoms with Crippen molar-refractivity contribution >= 4 is 28.4 Å². The summed E-state index contributed by atoms with van der Waals surface area (Å²) in [6, 6.07) is 15.3. The van der Waals surface area contributed by atoms with Crippen LogP contribution in [0, 0.1) is 0 Å². The Balaban J connectivity index is 1.35. The molecule has 1 aromatic heterocycles. The predicted molar refractivity (Wildman–Crippen MR) is 119 cm³/mol. The first-order chi connectivity index (χ1) is 14.7. The molecule has 1 N–H and O–H groups in total. The van der Waals surface area contributed by atoms with Gasteiger partial charge in [0.2, 0.25) is 5.91 Å². The van der Waals surface area contributed by atoms with Crippen molar-refractivity contribution in [1.82, 2.24) is 9.47 Å². The fourth-order valence-electron chi connectivity index (χ4n) is 4.00. The molecule has 3 aromatic rings. The average molecular weight is 409 g/mol. The largest absolute Gasteiger partial charge is 0.419 e. The van der Waals surface area contributed by atoms with E-state index in [9.17, 15) is 9.59 Å². The molecule has 0 spiro atoms. The molecular formula is C23H28N4O3. The third kappa shape index (κ3) is 4.41. The second-order valence-corrected chi connectivity index (χ2v) is 7.58. The summed E-state index contributed by atoms with van der Waals surface area (Å²) >= 11 is 0. The maximum absolute atomic E-state index is 12.6. The molecule has 2 heterocycles. The molecule has 1 aliphatic rings. The standard InChI is InChI=1S/C23H28N4O3/c1-2-25-14-16-26(17-15-25)19-9-4-3-8-18(19)24-22(28)12-7-13-27-20-10-5-6-11-21(20)30-23(27)29/h3-6,8-11H,2,7,12-17H2,1H3,(H,24,28). The molecule has 1 saturated heterocycles. The van der Waals surface area contributed by atoms with Crippen molar-refractivity contribution < 1.29 is 9.21 Å². The Kier molecular flexibility index (Phi) is 6.18. The van der Waals surface area contributed by atoms with Crippen LogP contribution in [-0.4, -0.2) is 48.1 Å². The van der Waals surface area contributed by atoms with Crippen molar-refractivity contribution in [3.05, 3.63) is 59.1 Å². The van der Waals surface area contributed by atoms with E-state index in [0.717, 1.165) is 49.6 Å². The minimum Gasteiger partial charge on any atom is -0.408 e. The van der Waals surface area contributed by atoms with E-state index in [2.05, 4.69) is 28.1 Å². The molecule has 7 heteroatoms. The average Bonchev–Trinajstić information content (AvgIpc) is 3.09. The van der Waals surface area contributed by atoms with E-state index in [4.69, 9.17) is 4.42 Å². The number of nitrogens with one attached hydrogen (secondary N) is 1. The molecule has 30 heavy (non-hydrogen) atoms. The van der Waals surface area contributed by atoms with E-state index in [0.29, 0.717) is 25.0 Å². The number of benzene rings is 2. The highest BCUT2D eigenvalue weighted by molar-refractivity contribution is 5.94. The van der Waals surface area contributed by atoms with Gasteiger partial charge >= 0.3 is 5.76 Å². The fourth-order valence-corrected chi connectivity index (χ4v) is 4.00. The Labute approximate surface area is 175 Å². The number of piperazine rings is 1. The number of oxazole rings is 1. The molecule has 1 fully saturated rings. The molecular weight excluding hydrogens is 380 g/mol. The summed E-state index contributed by atoms with van der Waals surface area (Å²) in [7, 11) is 0. The fraction of sp³-hybridized carbons (Fsp3) is 0.391. The summed E-state index contributed by atoms with van der Waals surface area (Å²) in [6.45, 7) is 7.68. The molecule has 1 amide bonds. The van der Waals surface area contributed by atoms with Crippen LogP contribution in [0.25, 0.3) is 11.1 Å². The van der Waals surface area contributed by atoms with Crippen LogP contribution in [0.3, 0.4) is 0 Å². The zero-order chi connectivity index (χ0) is 20.9. The van der Waals surface area contributed by atoms with Crippen molar-refractivity contribution in [2.75, 3.05) is 42.9 Å². The van der Waals surface area contributed by atoms with Gasteiger partial charge in [0.05, 0.1) is 16.9 Å². The topological polar surface area (TPSA) is 70.7 Å².